The van der Waals surface area contributed by atoms with E-state index in [2.05, 4.69) is 5.32 Å². The van der Waals surface area contributed by atoms with E-state index in [9.17, 15) is 4.79 Å². The Balaban J connectivity index is 2.24. The van der Waals surface area contributed by atoms with Crippen molar-refractivity contribution in [1.82, 2.24) is 5.32 Å². The first kappa shape index (κ1) is 14.0. The topological polar surface area (TPSA) is 38.3 Å². The van der Waals surface area contributed by atoms with Crippen LogP contribution < -0.4 is 5.32 Å². The molecule has 0 heterocycles. The lowest BCUT2D eigenvalue weighted by Gasteiger charge is -2.07. The summed E-state index contributed by atoms with van der Waals surface area (Å²) >= 11 is 5.47. The smallest absolute Gasteiger partial charge is 0.251 e. The minimum Gasteiger partial charge on any atom is -0.380 e. The number of carbonyl (C=O) groups is 1. The average molecular weight is 256 g/mol. The van der Waals surface area contributed by atoms with Gasteiger partial charge in [-0.25, -0.2) is 0 Å². The zero-order valence-electron chi connectivity index (χ0n) is 10.0. The van der Waals surface area contributed by atoms with Gasteiger partial charge in [-0.3, -0.25) is 4.79 Å². The molecule has 1 aromatic carbocycles. The van der Waals surface area contributed by atoms with Gasteiger partial charge in [0.05, 0.1) is 6.61 Å². The molecule has 0 unspecified atom stereocenters. The Hall–Kier alpha value is -1.06. The Bertz CT molecular complexity index is 355. The van der Waals surface area contributed by atoms with Gasteiger partial charge < -0.3 is 10.1 Å². The molecule has 1 rings (SSSR count). The molecule has 0 spiro atoms. The summed E-state index contributed by atoms with van der Waals surface area (Å²) in [5.41, 5.74) is 1.72. The van der Waals surface area contributed by atoms with E-state index in [1.165, 1.54) is 0 Å². The standard InChI is InChI=1S/C13H18ClNO2/c1-11-5-2-3-6-12(11)13(16)15-8-4-9-17-10-7-14/h2-3,5-6H,4,7-10H2,1H3,(H,15,16). The molecule has 0 aliphatic carbocycles. The number of ether oxygens (including phenoxy) is 1. The van der Waals surface area contributed by atoms with Crippen molar-refractivity contribution >= 4 is 17.5 Å². The van der Waals surface area contributed by atoms with E-state index >= 15 is 0 Å². The van der Waals surface area contributed by atoms with E-state index in [4.69, 9.17) is 16.3 Å². The number of nitrogens with one attached hydrogen (secondary N) is 1. The Morgan fingerprint density at radius 1 is 1.35 bits per heavy atom. The molecular weight excluding hydrogens is 238 g/mol. The van der Waals surface area contributed by atoms with Gasteiger partial charge >= 0.3 is 0 Å². The van der Waals surface area contributed by atoms with Crippen molar-refractivity contribution in [3.63, 3.8) is 0 Å². The molecule has 0 atom stereocenters. The molecule has 1 amide bonds. The highest BCUT2D eigenvalue weighted by Crippen LogP contribution is 2.06. The SMILES string of the molecule is Cc1ccccc1C(=O)NCCCOCCCl. The summed E-state index contributed by atoms with van der Waals surface area (Å²) in [5, 5.41) is 2.86. The highest BCUT2D eigenvalue weighted by molar-refractivity contribution is 6.17. The summed E-state index contributed by atoms with van der Waals surface area (Å²) in [6.45, 7) is 3.74. The lowest BCUT2D eigenvalue weighted by Crippen LogP contribution is -2.26. The lowest BCUT2D eigenvalue weighted by atomic mass is 10.1. The number of amides is 1. The zero-order chi connectivity index (χ0) is 12.5. The van der Waals surface area contributed by atoms with Gasteiger partial charge in [-0.1, -0.05) is 18.2 Å². The van der Waals surface area contributed by atoms with E-state index in [1.54, 1.807) is 0 Å². The molecule has 17 heavy (non-hydrogen) atoms. The molecular formula is C13H18ClNO2. The van der Waals surface area contributed by atoms with E-state index in [0.717, 1.165) is 17.5 Å². The van der Waals surface area contributed by atoms with Crippen LogP contribution in [0.2, 0.25) is 0 Å². The summed E-state index contributed by atoms with van der Waals surface area (Å²) in [6.07, 6.45) is 0.800. The third-order valence-electron chi connectivity index (χ3n) is 2.36. The zero-order valence-corrected chi connectivity index (χ0v) is 10.8. The van der Waals surface area contributed by atoms with Crippen molar-refractivity contribution < 1.29 is 9.53 Å². The maximum atomic E-state index is 11.8. The summed E-state index contributed by atoms with van der Waals surface area (Å²) in [5.74, 6) is 0.482. The monoisotopic (exact) mass is 255 g/mol. The van der Waals surface area contributed by atoms with Gasteiger partial charge in [0.15, 0.2) is 0 Å². The van der Waals surface area contributed by atoms with Crippen LogP contribution in [0.3, 0.4) is 0 Å². The quantitative estimate of drug-likeness (QED) is 0.600. The van der Waals surface area contributed by atoms with Crippen LogP contribution in [-0.2, 0) is 4.74 Å². The van der Waals surface area contributed by atoms with Crippen LogP contribution in [0.5, 0.6) is 0 Å². The van der Waals surface area contributed by atoms with Crippen molar-refractivity contribution in [2.75, 3.05) is 25.6 Å². The first-order valence-electron chi connectivity index (χ1n) is 5.73. The number of carbonyl (C=O) groups excluding carboxylic acids is 1. The first-order chi connectivity index (χ1) is 8.25. The highest BCUT2D eigenvalue weighted by atomic mass is 35.5. The molecule has 0 fully saturated rings. The Morgan fingerprint density at radius 3 is 2.82 bits per heavy atom. The molecule has 1 aromatic rings. The summed E-state index contributed by atoms with van der Waals surface area (Å²) < 4.78 is 5.21. The van der Waals surface area contributed by atoms with Crippen LogP contribution in [-0.4, -0.2) is 31.5 Å². The van der Waals surface area contributed by atoms with Crippen LogP contribution >= 0.6 is 11.6 Å². The molecule has 0 saturated carbocycles. The van der Waals surface area contributed by atoms with Gasteiger partial charge in [0.25, 0.3) is 5.91 Å². The maximum Gasteiger partial charge on any atom is 0.251 e. The van der Waals surface area contributed by atoms with Crippen LogP contribution in [0, 0.1) is 6.92 Å². The van der Waals surface area contributed by atoms with Gasteiger partial charge in [0.1, 0.15) is 0 Å². The van der Waals surface area contributed by atoms with Crippen molar-refractivity contribution in [1.29, 1.82) is 0 Å². The second-order valence-electron chi connectivity index (χ2n) is 3.73. The molecule has 0 saturated heterocycles. The molecule has 0 aliphatic heterocycles. The van der Waals surface area contributed by atoms with Crippen LogP contribution in [0.4, 0.5) is 0 Å². The van der Waals surface area contributed by atoms with Crippen LogP contribution in [0.25, 0.3) is 0 Å². The number of rotatable bonds is 7. The highest BCUT2D eigenvalue weighted by Gasteiger charge is 2.06. The number of hydrogen-bond donors (Lipinski definition) is 1. The third kappa shape index (κ3) is 5.20. The molecule has 94 valence electrons. The molecule has 0 radical (unpaired) electrons. The fourth-order valence-corrected chi connectivity index (χ4v) is 1.56. The molecule has 3 nitrogen and oxygen atoms in total. The lowest BCUT2D eigenvalue weighted by molar-refractivity contribution is 0.0944. The average Bonchev–Trinajstić information content (AvgIpc) is 2.34. The molecule has 0 bridgehead atoms. The van der Waals surface area contributed by atoms with Gasteiger partial charge in [-0.05, 0) is 25.0 Å². The Kier molecular flexibility index (Phi) is 6.67. The third-order valence-corrected chi connectivity index (χ3v) is 2.52. The number of benzene rings is 1. The summed E-state index contributed by atoms with van der Waals surface area (Å²) in [6, 6.07) is 7.55. The fraction of sp³-hybridized carbons (Fsp3) is 0.462. The van der Waals surface area contributed by atoms with Crippen molar-refractivity contribution in [3.05, 3.63) is 35.4 Å². The van der Waals surface area contributed by atoms with Crippen molar-refractivity contribution in [2.45, 2.75) is 13.3 Å². The number of hydrogen-bond acceptors (Lipinski definition) is 2. The first-order valence-corrected chi connectivity index (χ1v) is 6.26. The minimum atomic E-state index is -0.0274. The molecule has 0 aliphatic rings. The number of alkyl halides is 1. The minimum absolute atomic E-state index is 0.0274. The van der Waals surface area contributed by atoms with Gasteiger partial charge in [0, 0.05) is 24.6 Å². The van der Waals surface area contributed by atoms with Gasteiger partial charge in [0.2, 0.25) is 0 Å². The Labute approximate surface area is 107 Å². The summed E-state index contributed by atoms with van der Waals surface area (Å²) in [7, 11) is 0. The van der Waals surface area contributed by atoms with Crippen molar-refractivity contribution in [3.8, 4) is 0 Å². The van der Waals surface area contributed by atoms with Crippen LogP contribution in [0.15, 0.2) is 24.3 Å². The molecule has 0 aromatic heterocycles. The predicted molar refractivity (Wildman–Crippen MR) is 69.7 cm³/mol. The maximum absolute atomic E-state index is 11.8. The van der Waals surface area contributed by atoms with Crippen molar-refractivity contribution in [2.24, 2.45) is 0 Å². The van der Waals surface area contributed by atoms with Crippen LogP contribution in [0.1, 0.15) is 22.3 Å². The number of aryl methyl sites for hydroxylation is 1. The second kappa shape index (κ2) is 8.09. The second-order valence-corrected chi connectivity index (χ2v) is 4.10. The van der Waals surface area contributed by atoms with E-state index in [0.29, 0.717) is 25.6 Å². The molecule has 1 N–H and O–H groups in total. The largest absolute Gasteiger partial charge is 0.380 e. The Morgan fingerprint density at radius 2 is 2.12 bits per heavy atom. The normalized spacial score (nSPS) is 10.2. The summed E-state index contributed by atoms with van der Waals surface area (Å²) in [4.78, 5) is 11.8. The fourth-order valence-electron chi connectivity index (χ4n) is 1.46. The van der Waals surface area contributed by atoms with E-state index in [1.807, 2.05) is 31.2 Å². The molecule has 4 heteroatoms. The van der Waals surface area contributed by atoms with Gasteiger partial charge in [-0.2, -0.15) is 0 Å². The van der Waals surface area contributed by atoms with E-state index in [-0.39, 0.29) is 5.91 Å². The van der Waals surface area contributed by atoms with Gasteiger partial charge in [-0.15, -0.1) is 11.6 Å². The predicted octanol–water partition coefficient (Wildman–Crippen LogP) is 2.37. The van der Waals surface area contributed by atoms with E-state index < -0.39 is 0 Å². The number of halogens is 1.